The van der Waals surface area contributed by atoms with Crippen molar-refractivity contribution in [2.75, 3.05) is 19.6 Å². The minimum atomic E-state index is -3.35. The summed E-state index contributed by atoms with van der Waals surface area (Å²) in [5, 5.41) is 0. The molecule has 1 atom stereocenters. The summed E-state index contributed by atoms with van der Waals surface area (Å²) in [7, 11) is -3.35. The van der Waals surface area contributed by atoms with Gasteiger partial charge in [0.25, 0.3) is 0 Å². The fourth-order valence-corrected chi connectivity index (χ4v) is 5.23. The Hall–Kier alpha value is 0.0500. The number of halogens is 1. The van der Waals surface area contributed by atoms with Crippen LogP contribution in [0.5, 0.6) is 0 Å². The molecule has 1 aromatic heterocycles. The maximum Gasteiger partial charge on any atom is 0.250 e. The number of nitrogens with one attached hydrogen (secondary N) is 1. The third-order valence-corrected chi connectivity index (χ3v) is 6.69. The van der Waals surface area contributed by atoms with Crippen LogP contribution >= 0.6 is 27.3 Å². The number of thiophene rings is 1. The van der Waals surface area contributed by atoms with Gasteiger partial charge in [-0.15, -0.1) is 11.3 Å². The first-order valence-corrected chi connectivity index (χ1v) is 9.07. The molecule has 1 fully saturated rings. The second-order valence-electron chi connectivity index (χ2n) is 4.50. The van der Waals surface area contributed by atoms with Crippen molar-refractivity contribution >= 4 is 37.3 Å². The van der Waals surface area contributed by atoms with Crippen LogP contribution in [-0.2, 0) is 10.0 Å². The quantitative estimate of drug-likeness (QED) is 0.884. The molecular formula is C11H17BrN2O2S2. The standard InChI is InChI=1S/C11H17BrN2O2S2/c1-9(14-6-2-3-7-14)8-13-18(15,16)11-5-4-10(12)17-11/h4-5,9,13H,2-3,6-8H2,1H3. The zero-order valence-corrected chi connectivity index (χ0v) is 13.4. The minimum absolute atomic E-state index is 0.255. The average Bonchev–Trinajstić information content (AvgIpc) is 2.96. The van der Waals surface area contributed by atoms with Crippen molar-refractivity contribution in [2.24, 2.45) is 0 Å². The number of likely N-dealkylation sites (tertiary alicyclic amines) is 1. The van der Waals surface area contributed by atoms with Crippen LogP contribution in [0.1, 0.15) is 19.8 Å². The summed E-state index contributed by atoms with van der Waals surface area (Å²) in [4.78, 5) is 2.33. The van der Waals surface area contributed by atoms with Crippen molar-refractivity contribution in [3.63, 3.8) is 0 Å². The Morgan fingerprint density at radius 3 is 2.67 bits per heavy atom. The SMILES string of the molecule is CC(CNS(=O)(=O)c1ccc(Br)s1)N1CCCC1. The van der Waals surface area contributed by atoms with Gasteiger partial charge in [0.05, 0.1) is 3.79 Å². The van der Waals surface area contributed by atoms with E-state index in [1.807, 2.05) is 0 Å². The van der Waals surface area contributed by atoms with Crippen molar-refractivity contribution in [1.29, 1.82) is 0 Å². The summed E-state index contributed by atoms with van der Waals surface area (Å²) >= 11 is 4.51. The van der Waals surface area contributed by atoms with Gasteiger partial charge >= 0.3 is 0 Å². The van der Waals surface area contributed by atoms with Crippen molar-refractivity contribution in [2.45, 2.75) is 30.0 Å². The maximum absolute atomic E-state index is 12.0. The highest BCUT2D eigenvalue weighted by Gasteiger charge is 2.21. The molecule has 18 heavy (non-hydrogen) atoms. The summed E-state index contributed by atoms with van der Waals surface area (Å²) < 4.78 is 27.9. The zero-order chi connectivity index (χ0) is 13.2. The lowest BCUT2D eigenvalue weighted by Crippen LogP contribution is -2.40. The van der Waals surface area contributed by atoms with E-state index in [0.717, 1.165) is 16.9 Å². The largest absolute Gasteiger partial charge is 0.299 e. The van der Waals surface area contributed by atoms with Gasteiger partial charge in [-0.25, -0.2) is 13.1 Å². The number of nitrogens with zero attached hydrogens (tertiary/aromatic N) is 1. The third-order valence-electron chi connectivity index (χ3n) is 3.15. The van der Waals surface area contributed by atoms with E-state index in [4.69, 9.17) is 0 Å². The van der Waals surface area contributed by atoms with Crippen LogP contribution in [0.25, 0.3) is 0 Å². The highest BCUT2D eigenvalue weighted by molar-refractivity contribution is 9.11. The monoisotopic (exact) mass is 352 g/mol. The predicted octanol–water partition coefficient (Wildman–Crippen LogP) is 2.27. The topological polar surface area (TPSA) is 49.4 Å². The van der Waals surface area contributed by atoms with Crippen molar-refractivity contribution < 1.29 is 8.42 Å². The molecule has 0 bridgehead atoms. The molecule has 0 amide bonds. The fraction of sp³-hybridized carbons (Fsp3) is 0.636. The van der Waals surface area contributed by atoms with Crippen molar-refractivity contribution in [1.82, 2.24) is 9.62 Å². The van der Waals surface area contributed by atoms with Crippen LogP contribution in [-0.4, -0.2) is 39.0 Å². The molecule has 102 valence electrons. The number of sulfonamides is 1. The van der Waals surface area contributed by atoms with Crippen molar-refractivity contribution in [3.8, 4) is 0 Å². The molecule has 0 radical (unpaired) electrons. The molecule has 0 spiro atoms. The lowest BCUT2D eigenvalue weighted by molar-refractivity contribution is 0.260. The Labute approximate surface area is 121 Å². The van der Waals surface area contributed by atoms with Crippen LogP contribution in [0.3, 0.4) is 0 Å². The zero-order valence-electron chi connectivity index (χ0n) is 10.2. The number of rotatable bonds is 5. The lowest BCUT2D eigenvalue weighted by Gasteiger charge is -2.23. The van der Waals surface area contributed by atoms with Gasteiger partial charge in [0, 0.05) is 12.6 Å². The molecule has 7 heteroatoms. The first-order chi connectivity index (χ1) is 8.49. The molecule has 1 N–H and O–H groups in total. The predicted molar refractivity (Wildman–Crippen MR) is 77.5 cm³/mol. The van der Waals surface area contributed by atoms with E-state index in [1.165, 1.54) is 24.2 Å². The van der Waals surface area contributed by atoms with Gasteiger partial charge < -0.3 is 0 Å². The molecule has 0 aromatic carbocycles. The number of hydrogen-bond acceptors (Lipinski definition) is 4. The van der Waals surface area contributed by atoms with E-state index in [0.29, 0.717) is 10.8 Å². The highest BCUT2D eigenvalue weighted by atomic mass is 79.9. The van der Waals surface area contributed by atoms with Gasteiger partial charge in [-0.2, -0.15) is 0 Å². The fourth-order valence-electron chi connectivity index (χ4n) is 2.06. The molecule has 1 aliphatic heterocycles. The molecule has 1 aliphatic rings. The first kappa shape index (κ1) is 14.5. The van der Waals surface area contributed by atoms with Gasteiger partial charge in [-0.05, 0) is 60.9 Å². The molecule has 0 saturated carbocycles. The van der Waals surface area contributed by atoms with E-state index in [-0.39, 0.29) is 6.04 Å². The summed E-state index contributed by atoms with van der Waals surface area (Å²) in [6.07, 6.45) is 2.43. The van der Waals surface area contributed by atoms with Gasteiger partial charge in [0.2, 0.25) is 10.0 Å². The van der Waals surface area contributed by atoms with E-state index >= 15 is 0 Å². The number of hydrogen-bond donors (Lipinski definition) is 1. The van der Waals surface area contributed by atoms with Gasteiger partial charge in [-0.3, -0.25) is 4.90 Å². The van der Waals surface area contributed by atoms with Crippen LogP contribution < -0.4 is 4.72 Å². The van der Waals surface area contributed by atoms with Gasteiger partial charge in [0.1, 0.15) is 4.21 Å². The summed E-state index contributed by atoms with van der Waals surface area (Å²) in [6.45, 7) is 4.69. The summed E-state index contributed by atoms with van der Waals surface area (Å²) in [5.41, 5.74) is 0. The molecule has 4 nitrogen and oxygen atoms in total. The Balaban J connectivity index is 1.92. The second kappa shape index (κ2) is 6.00. The molecule has 2 rings (SSSR count). The highest BCUT2D eigenvalue weighted by Crippen LogP contribution is 2.25. The second-order valence-corrected chi connectivity index (χ2v) is 8.96. The molecule has 1 unspecified atom stereocenters. The van der Waals surface area contributed by atoms with Crippen LogP contribution in [0, 0.1) is 0 Å². The Morgan fingerprint density at radius 2 is 2.11 bits per heavy atom. The van der Waals surface area contributed by atoms with E-state index < -0.39 is 10.0 Å². The van der Waals surface area contributed by atoms with Gasteiger partial charge in [0.15, 0.2) is 0 Å². The molecule has 0 aliphatic carbocycles. The molecule has 1 saturated heterocycles. The lowest BCUT2D eigenvalue weighted by atomic mass is 10.3. The Bertz CT molecular complexity index is 495. The smallest absolute Gasteiger partial charge is 0.250 e. The van der Waals surface area contributed by atoms with Crippen LogP contribution in [0.2, 0.25) is 0 Å². The first-order valence-electron chi connectivity index (χ1n) is 5.98. The Morgan fingerprint density at radius 1 is 1.44 bits per heavy atom. The molecular weight excluding hydrogens is 336 g/mol. The van der Waals surface area contributed by atoms with Crippen LogP contribution in [0.4, 0.5) is 0 Å². The summed E-state index contributed by atoms with van der Waals surface area (Å²) in [6, 6.07) is 3.63. The minimum Gasteiger partial charge on any atom is -0.299 e. The van der Waals surface area contributed by atoms with Gasteiger partial charge in [-0.1, -0.05) is 0 Å². The molecule has 2 heterocycles. The molecule has 1 aromatic rings. The Kier molecular flexibility index (Phi) is 4.82. The van der Waals surface area contributed by atoms with E-state index in [9.17, 15) is 8.42 Å². The van der Waals surface area contributed by atoms with E-state index in [2.05, 4.69) is 32.5 Å². The summed E-state index contributed by atoms with van der Waals surface area (Å²) in [5.74, 6) is 0. The van der Waals surface area contributed by atoms with Crippen LogP contribution in [0.15, 0.2) is 20.1 Å². The van der Waals surface area contributed by atoms with E-state index in [1.54, 1.807) is 12.1 Å². The maximum atomic E-state index is 12.0. The van der Waals surface area contributed by atoms with Crippen molar-refractivity contribution in [3.05, 3.63) is 15.9 Å². The normalized spacial score (nSPS) is 19.2. The average molecular weight is 353 g/mol. The third kappa shape index (κ3) is 3.54.